The topological polar surface area (TPSA) is 34.5 Å². The monoisotopic (exact) mass is 566 g/mol. The molecule has 9 heteroatoms. The number of thioether (sulfide) groups is 1. The van der Waals surface area contributed by atoms with E-state index in [2.05, 4.69) is 15.9 Å². The van der Waals surface area contributed by atoms with Crippen molar-refractivity contribution in [2.45, 2.75) is 20.5 Å². The molecule has 0 unspecified atom stereocenters. The Hall–Kier alpha value is -1.77. The van der Waals surface area contributed by atoms with Gasteiger partial charge >= 0.3 is 0 Å². The lowest BCUT2D eigenvalue weighted by Crippen LogP contribution is -2.39. The van der Waals surface area contributed by atoms with Gasteiger partial charge in [0.2, 0.25) is 0 Å². The van der Waals surface area contributed by atoms with Crippen molar-refractivity contribution in [3.8, 4) is 5.75 Å². The highest BCUT2D eigenvalue weighted by atomic mass is 79.9. The van der Waals surface area contributed by atoms with Crippen LogP contribution in [0, 0.1) is 13.8 Å². The quantitative estimate of drug-likeness (QED) is 0.239. The molecule has 1 amide bonds. The van der Waals surface area contributed by atoms with Gasteiger partial charge in [0.05, 0.1) is 9.38 Å². The highest BCUT2D eigenvalue weighted by Gasteiger charge is 2.34. The van der Waals surface area contributed by atoms with E-state index < -0.39 is 0 Å². The van der Waals surface area contributed by atoms with Crippen LogP contribution in [-0.2, 0) is 11.4 Å². The second-order valence-electron chi connectivity index (χ2n) is 7.14. The molecule has 0 saturated carbocycles. The van der Waals surface area contributed by atoms with Crippen molar-refractivity contribution in [3.63, 3.8) is 0 Å². The molecule has 0 N–H and O–H groups in total. The summed E-state index contributed by atoms with van der Waals surface area (Å²) in [5.41, 5.74) is 3.59. The maximum absolute atomic E-state index is 13.1. The summed E-state index contributed by atoms with van der Waals surface area (Å²) in [4.78, 5) is 13.6. The fourth-order valence-corrected chi connectivity index (χ4v) is 5.49. The van der Waals surface area contributed by atoms with Gasteiger partial charge < -0.3 is 4.74 Å². The minimum absolute atomic E-state index is 0.142. The Morgan fingerprint density at radius 3 is 2.47 bits per heavy atom. The van der Waals surface area contributed by atoms with Gasteiger partial charge in [0.25, 0.3) is 5.91 Å². The van der Waals surface area contributed by atoms with E-state index in [0.29, 0.717) is 31.6 Å². The second-order valence-corrected chi connectivity index (χ2v) is 10.5. The number of rotatable bonds is 5. The van der Waals surface area contributed by atoms with Gasteiger partial charge in [-0.1, -0.05) is 47.1 Å². The van der Waals surface area contributed by atoms with Crippen molar-refractivity contribution in [1.82, 2.24) is 4.68 Å². The molecule has 3 aromatic rings. The van der Waals surface area contributed by atoms with Gasteiger partial charge in [0.1, 0.15) is 12.4 Å². The van der Waals surface area contributed by atoms with E-state index in [0.717, 1.165) is 27.0 Å². The van der Waals surface area contributed by atoms with E-state index in [1.54, 1.807) is 17.1 Å². The number of aryl methyl sites for hydroxylation is 2. The zero-order valence-electron chi connectivity index (χ0n) is 17.1. The van der Waals surface area contributed by atoms with Crippen LogP contribution in [0.1, 0.15) is 22.5 Å². The molecule has 0 aliphatic carbocycles. The molecule has 0 atom stereocenters. The summed E-state index contributed by atoms with van der Waals surface area (Å²) < 4.78 is 9.01. The third-order valence-electron chi connectivity index (χ3n) is 4.86. The Bertz CT molecular complexity index is 1250. The molecule has 1 fully saturated rings. The van der Waals surface area contributed by atoms with E-state index in [9.17, 15) is 4.79 Å². The smallest absolute Gasteiger partial charge is 0.285 e. The summed E-state index contributed by atoms with van der Waals surface area (Å²) in [6, 6.07) is 14.9. The van der Waals surface area contributed by atoms with Crippen LogP contribution in [0.4, 0.5) is 0 Å². The van der Waals surface area contributed by atoms with Crippen molar-refractivity contribution < 1.29 is 9.53 Å². The number of ether oxygens (including phenoxy) is 1. The number of hydrogen-bond donors (Lipinski definition) is 0. The van der Waals surface area contributed by atoms with E-state index in [-0.39, 0.29) is 5.91 Å². The van der Waals surface area contributed by atoms with Crippen LogP contribution >= 0.6 is 63.1 Å². The highest BCUT2D eigenvalue weighted by Crippen LogP contribution is 2.34. The maximum atomic E-state index is 13.1. The molecule has 0 radical (unpaired) electrons. The van der Waals surface area contributed by atoms with E-state index in [4.69, 9.17) is 40.2 Å². The van der Waals surface area contributed by atoms with Crippen LogP contribution in [0.5, 0.6) is 5.75 Å². The predicted octanol–water partition coefficient (Wildman–Crippen LogP) is 7.29. The molecule has 4 nitrogen and oxygen atoms in total. The Morgan fingerprint density at radius 1 is 1.09 bits per heavy atom. The summed E-state index contributed by atoms with van der Waals surface area (Å²) in [5, 5.41) is 2.68. The van der Waals surface area contributed by atoms with Crippen molar-refractivity contribution in [3.05, 3.63) is 90.5 Å². The van der Waals surface area contributed by atoms with Gasteiger partial charge in [0, 0.05) is 27.0 Å². The molecule has 4 rings (SSSR count). The van der Waals surface area contributed by atoms with Crippen LogP contribution in [0.25, 0.3) is 6.08 Å². The Morgan fingerprint density at radius 2 is 1.81 bits per heavy atom. The molecule has 1 aliphatic rings. The van der Waals surface area contributed by atoms with Crippen molar-refractivity contribution >= 4 is 79.4 Å². The first-order valence-corrected chi connectivity index (χ1v) is 12.3. The van der Waals surface area contributed by atoms with E-state index in [1.807, 2.05) is 61.0 Å². The minimum Gasteiger partial charge on any atom is -0.488 e. The summed E-state index contributed by atoms with van der Waals surface area (Å²) >= 11 is 22.5. The standard InChI is InChI=1S/C23H17BrCl2N2O2S2/c1-13-3-4-14(2)27(13)28-22(29)21(32-23(28)31)10-15-5-8-20(18(24)9-15)30-12-16-6-7-17(25)11-19(16)26/h3-11H,12H2,1-2H3/b21-10+. The first-order chi connectivity index (χ1) is 15.2. The Kier molecular flexibility index (Phi) is 7.03. The number of carbonyl (C=O) groups excluding carboxylic acids is 1. The normalized spacial score (nSPS) is 15.2. The molecule has 1 aliphatic heterocycles. The third-order valence-corrected chi connectivity index (χ3v) is 7.35. The lowest BCUT2D eigenvalue weighted by atomic mass is 10.2. The fraction of sp³-hybridized carbons (Fsp3) is 0.130. The van der Waals surface area contributed by atoms with Gasteiger partial charge in [-0.15, -0.1) is 0 Å². The van der Waals surface area contributed by atoms with Gasteiger partial charge in [-0.25, -0.2) is 0 Å². The molecule has 1 aromatic heterocycles. The fourth-order valence-electron chi connectivity index (χ4n) is 3.28. The van der Waals surface area contributed by atoms with Crippen LogP contribution in [0.2, 0.25) is 10.0 Å². The van der Waals surface area contributed by atoms with Crippen LogP contribution in [-0.4, -0.2) is 14.9 Å². The van der Waals surface area contributed by atoms with E-state index >= 15 is 0 Å². The van der Waals surface area contributed by atoms with Gasteiger partial charge in [0.15, 0.2) is 4.32 Å². The van der Waals surface area contributed by atoms with Crippen LogP contribution in [0.15, 0.2) is 57.9 Å². The molecule has 0 bridgehead atoms. The van der Waals surface area contributed by atoms with Gasteiger partial charge in [-0.2, -0.15) is 5.01 Å². The van der Waals surface area contributed by atoms with Gasteiger partial charge in [-0.05, 0) is 90.0 Å². The highest BCUT2D eigenvalue weighted by molar-refractivity contribution is 9.10. The lowest BCUT2D eigenvalue weighted by Gasteiger charge is -2.20. The summed E-state index contributed by atoms with van der Waals surface area (Å²) in [7, 11) is 0. The summed E-state index contributed by atoms with van der Waals surface area (Å²) in [6.07, 6.45) is 1.83. The summed E-state index contributed by atoms with van der Waals surface area (Å²) in [5.74, 6) is 0.524. The zero-order valence-corrected chi connectivity index (χ0v) is 21.8. The Labute approximate surface area is 214 Å². The van der Waals surface area contributed by atoms with Crippen molar-refractivity contribution in [1.29, 1.82) is 0 Å². The van der Waals surface area contributed by atoms with Crippen molar-refractivity contribution in [2.24, 2.45) is 0 Å². The van der Waals surface area contributed by atoms with Crippen LogP contribution in [0.3, 0.4) is 0 Å². The average molecular weight is 568 g/mol. The first-order valence-electron chi connectivity index (χ1n) is 9.54. The number of halogens is 3. The number of aromatic nitrogens is 1. The molecular formula is C23H17BrCl2N2O2S2. The minimum atomic E-state index is -0.142. The zero-order chi connectivity index (χ0) is 23.0. The van der Waals surface area contributed by atoms with Crippen LogP contribution < -0.4 is 9.75 Å². The molecule has 164 valence electrons. The summed E-state index contributed by atoms with van der Waals surface area (Å²) in [6.45, 7) is 4.20. The van der Waals surface area contributed by atoms with Crippen molar-refractivity contribution in [2.75, 3.05) is 5.01 Å². The maximum Gasteiger partial charge on any atom is 0.285 e. The number of hydrogen-bond acceptors (Lipinski definition) is 4. The van der Waals surface area contributed by atoms with E-state index in [1.165, 1.54) is 11.8 Å². The SMILES string of the molecule is Cc1ccc(C)n1N1C(=O)/C(=C\c2ccc(OCc3ccc(Cl)cc3Cl)c(Br)c2)SC1=S. The number of thiocarbonyl (C=S) groups is 1. The largest absolute Gasteiger partial charge is 0.488 e. The third kappa shape index (κ3) is 4.77. The number of benzene rings is 2. The molecule has 32 heavy (non-hydrogen) atoms. The molecule has 1 saturated heterocycles. The molecular weight excluding hydrogens is 551 g/mol. The first kappa shape index (κ1) is 23.4. The lowest BCUT2D eigenvalue weighted by molar-refractivity contribution is -0.114. The molecule has 2 aromatic carbocycles. The molecule has 2 heterocycles. The second kappa shape index (κ2) is 9.61. The van der Waals surface area contributed by atoms with Gasteiger partial charge in [-0.3, -0.25) is 9.47 Å². The number of carbonyl (C=O) groups is 1. The predicted molar refractivity (Wildman–Crippen MR) is 140 cm³/mol. The average Bonchev–Trinajstić information content (AvgIpc) is 3.19. The number of nitrogens with zero attached hydrogens (tertiary/aromatic N) is 2. The number of amides is 1. The molecule has 0 spiro atoms. The Balaban J connectivity index is 1.52.